The van der Waals surface area contributed by atoms with Crippen molar-refractivity contribution in [3.63, 3.8) is 0 Å². The van der Waals surface area contributed by atoms with E-state index in [0.717, 1.165) is 65.0 Å². The fraction of sp³-hybridized carbons (Fsp3) is 0.250. The van der Waals surface area contributed by atoms with Crippen LogP contribution >= 0.6 is 11.6 Å². The first kappa shape index (κ1) is 36.6. The smallest absolute Gasteiger partial charge is 0.127 e. The van der Waals surface area contributed by atoms with Crippen molar-refractivity contribution < 1.29 is 9.47 Å². The maximum Gasteiger partial charge on any atom is 0.127 e. The summed E-state index contributed by atoms with van der Waals surface area (Å²) in [5.74, 6) is 1.81. The summed E-state index contributed by atoms with van der Waals surface area (Å²) in [6.45, 7) is 0. The number of rotatable bonds is 7. The van der Waals surface area contributed by atoms with Crippen molar-refractivity contribution in [1.82, 2.24) is 15.0 Å². The van der Waals surface area contributed by atoms with Gasteiger partial charge in [0.25, 0.3) is 0 Å². The van der Waals surface area contributed by atoms with Crippen LogP contribution in [0.15, 0.2) is 104 Å². The average Bonchev–Trinajstić information content (AvgIpc) is 3.99. The molecule has 5 aromatic rings. The number of halogens is 1. The van der Waals surface area contributed by atoms with Gasteiger partial charge in [0.2, 0.25) is 0 Å². The fourth-order valence-electron chi connectivity index (χ4n) is 4.92. The van der Waals surface area contributed by atoms with Gasteiger partial charge in [-0.3, -0.25) is 15.0 Å². The molecule has 49 heavy (non-hydrogen) atoms. The highest BCUT2D eigenvalue weighted by Crippen LogP contribution is 2.47. The summed E-state index contributed by atoms with van der Waals surface area (Å²) in [6.07, 6.45) is 17.4. The number of hydrogen-bond donors (Lipinski definition) is 1. The highest BCUT2D eigenvalue weighted by molar-refractivity contribution is 6.31. The van der Waals surface area contributed by atoms with Gasteiger partial charge in [0.05, 0.1) is 28.4 Å². The molecule has 3 heterocycles. The van der Waals surface area contributed by atoms with Crippen LogP contribution in [0.2, 0.25) is 5.02 Å². The third-order valence-electron chi connectivity index (χ3n) is 7.97. The van der Waals surface area contributed by atoms with Crippen LogP contribution in [0.3, 0.4) is 0 Å². The third-order valence-corrected chi connectivity index (χ3v) is 8.30. The highest BCUT2D eigenvalue weighted by Gasteiger charge is 2.42. The minimum absolute atomic E-state index is 0. The summed E-state index contributed by atoms with van der Waals surface area (Å²) in [7, 11) is 0. The molecule has 0 amide bonds. The van der Waals surface area contributed by atoms with Crippen LogP contribution in [0, 0.1) is 30.1 Å². The molecular weight excluding hydrogens is 632 g/mol. The van der Waals surface area contributed by atoms with E-state index >= 15 is 0 Å². The van der Waals surface area contributed by atoms with Crippen molar-refractivity contribution >= 4 is 11.6 Å². The van der Waals surface area contributed by atoms with Gasteiger partial charge in [-0.2, -0.15) is 10.5 Å². The predicted molar refractivity (Wildman–Crippen MR) is 194 cm³/mol. The number of aromatic nitrogens is 3. The lowest BCUT2D eigenvalue weighted by Crippen LogP contribution is -2.20. The molecule has 3 saturated carbocycles. The van der Waals surface area contributed by atoms with E-state index < -0.39 is 0 Å². The highest BCUT2D eigenvalue weighted by atomic mass is 35.5. The molecule has 0 radical (unpaired) electrons. The Labute approximate surface area is 294 Å². The number of benzene rings is 2. The van der Waals surface area contributed by atoms with Crippen LogP contribution in [0.25, 0.3) is 22.3 Å². The van der Waals surface area contributed by atoms with Gasteiger partial charge in [-0.15, -0.1) is 0 Å². The second kappa shape index (κ2) is 16.7. The molecule has 3 aromatic heterocycles. The first-order valence-electron chi connectivity index (χ1n) is 15.6. The van der Waals surface area contributed by atoms with E-state index in [1.165, 1.54) is 19.0 Å². The summed E-state index contributed by atoms with van der Waals surface area (Å²) in [4.78, 5) is 12.0. The number of ether oxygens (including phenoxy) is 2. The number of nitrogens with two attached hydrogens (primary N) is 1. The lowest BCUT2D eigenvalue weighted by Gasteiger charge is -2.17. The van der Waals surface area contributed by atoms with Crippen LogP contribution in [0.4, 0.5) is 0 Å². The molecule has 0 unspecified atom stereocenters. The SMILES string of the molecule is C.N#Cc1cnccc1-c1ccccc1OC1CC1.N#Cc1cnccc1Cl.NC1(c2cnccc2-c2ccccc2OC2CC2)CC1.[CH3-]. The molecule has 9 heteroatoms. The van der Waals surface area contributed by atoms with E-state index in [1.807, 2.05) is 60.9 Å². The van der Waals surface area contributed by atoms with Crippen molar-refractivity contribution in [1.29, 1.82) is 10.5 Å². The first-order chi connectivity index (χ1) is 23.0. The zero-order valence-corrected chi connectivity index (χ0v) is 27.5. The van der Waals surface area contributed by atoms with Gasteiger partial charge >= 0.3 is 0 Å². The molecule has 3 aliphatic carbocycles. The van der Waals surface area contributed by atoms with E-state index in [-0.39, 0.29) is 20.4 Å². The number of nitrogens with zero attached hydrogens (tertiary/aromatic N) is 5. The standard InChI is InChI=1S/C17H18N2O.C15H12N2O.C6H3ClN2.CH4.CH3/c18-17(8-9-17)15-11-19-10-7-13(15)14-3-1-2-4-16(14)20-12-5-6-12;16-9-11-10-17-8-7-13(11)14-3-1-2-4-15(14)18-12-5-6-12;7-6-1-2-9-4-5(6)3-8;;/h1-4,7,10-12H,5-6,8-9,18H2;1-4,7-8,10,12H,5-6H2;1-2,4H;1H4;1H3/q;;;;-1. The Balaban J connectivity index is 0.000000173. The molecule has 0 aliphatic heterocycles. The summed E-state index contributed by atoms with van der Waals surface area (Å²) in [5.41, 5.74) is 12.5. The average molecular weight is 672 g/mol. The van der Waals surface area contributed by atoms with Crippen molar-refractivity contribution in [3.8, 4) is 45.9 Å². The van der Waals surface area contributed by atoms with Crippen LogP contribution in [-0.4, -0.2) is 27.2 Å². The van der Waals surface area contributed by atoms with Crippen LogP contribution in [0.5, 0.6) is 11.5 Å². The van der Waals surface area contributed by atoms with Gasteiger partial charge in [0, 0.05) is 59.4 Å². The van der Waals surface area contributed by atoms with Gasteiger partial charge in [0.15, 0.2) is 0 Å². The van der Waals surface area contributed by atoms with Crippen molar-refractivity contribution in [3.05, 3.63) is 133 Å². The fourth-order valence-corrected chi connectivity index (χ4v) is 5.07. The lowest BCUT2D eigenvalue weighted by atomic mass is 9.95. The zero-order chi connectivity index (χ0) is 32.6. The first-order valence-corrected chi connectivity index (χ1v) is 16.0. The Kier molecular flexibility index (Phi) is 12.5. The molecule has 2 aromatic carbocycles. The molecule has 2 N–H and O–H groups in total. The lowest BCUT2D eigenvalue weighted by molar-refractivity contribution is 0.304. The van der Waals surface area contributed by atoms with Crippen molar-refractivity contribution in [2.45, 2.75) is 63.7 Å². The summed E-state index contributed by atoms with van der Waals surface area (Å²) in [6, 6.07) is 25.6. The van der Waals surface area contributed by atoms with Gasteiger partial charge in [-0.05, 0) is 80.0 Å². The normalized spacial score (nSPS) is 14.7. The topological polar surface area (TPSA) is 131 Å². The Morgan fingerprint density at radius 3 is 1.61 bits per heavy atom. The Morgan fingerprint density at radius 2 is 1.12 bits per heavy atom. The minimum Gasteiger partial charge on any atom is -0.490 e. The zero-order valence-electron chi connectivity index (χ0n) is 26.7. The third kappa shape index (κ3) is 9.42. The van der Waals surface area contributed by atoms with E-state index in [0.29, 0.717) is 28.4 Å². The van der Waals surface area contributed by atoms with Crippen molar-refractivity contribution in [2.24, 2.45) is 5.73 Å². The summed E-state index contributed by atoms with van der Waals surface area (Å²) >= 11 is 5.56. The molecule has 0 atom stereocenters. The Morgan fingerprint density at radius 1 is 0.653 bits per heavy atom. The van der Waals surface area contributed by atoms with Crippen LogP contribution < -0.4 is 15.2 Å². The van der Waals surface area contributed by atoms with Gasteiger partial charge in [0.1, 0.15) is 23.6 Å². The van der Waals surface area contributed by atoms with E-state index in [4.69, 9.17) is 37.3 Å². The number of pyridine rings is 3. The van der Waals surface area contributed by atoms with Gasteiger partial charge in [-0.25, -0.2) is 0 Å². The predicted octanol–water partition coefficient (Wildman–Crippen LogP) is 9.09. The van der Waals surface area contributed by atoms with Gasteiger partial charge < -0.3 is 22.6 Å². The molecule has 3 fully saturated rings. The molecule has 0 saturated heterocycles. The minimum atomic E-state index is -0.184. The molecule has 0 bridgehead atoms. The van der Waals surface area contributed by atoms with E-state index in [9.17, 15) is 0 Å². The van der Waals surface area contributed by atoms with Gasteiger partial charge in [-0.1, -0.05) is 55.4 Å². The monoisotopic (exact) mass is 671 g/mol. The molecule has 8 nitrogen and oxygen atoms in total. The molecule has 0 spiro atoms. The van der Waals surface area contributed by atoms with Crippen molar-refractivity contribution in [2.75, 3.05) is 0 Å². The summed E-state index contributed by atoms with van der Waals surface area (Å²) < 4.78 is 11.9. The maximum atomic E-state index is 9.13. The number of hydrogen-bond acceptors (Lipinski definition) is 8. The molecule has 250 valence electrons. The second-order valence-electron chi connectivity index (χ2n) is 11.7. The molecular formula is C40H40ClN6O2-. The largest absolute Gasteiger partial charge is 0.490 e. The molecule has 3 aliphatic rings. The number of para-hydroxylation sites is 2. The Hall–Kier alpha value is -5.28. The quantitative estimate of drug-likeness (QED) is 0.170. The second-order valence-corrected chi connectivity index (χ2v) is 12.1. The van der Waals surface area contributed by atoms with E-state index in [2.05, 4.69) is 39.2 Å². The Bertz CT molecular complexity index is 1940. The van der Waals surface area contributed by atoms with E-state index in [1.54, 1.807) is 24.7 Å². The summed E-state index contributed by atoms with van der Waals surface area (Å²) in [5, 5.41) is 17.9. The molecule has 8 rings (SSSR count). The number of nitriles is 2. The van der Waals surface area contributed by atoms with Crippen LogP contribution in [0.1, 0.15) is 62.6 Å². The van der Waals surface area contributed by atoms with Crippen LogP contribution in [-0.2, 0) is 5.54 Å². The maximum absolute atomic E-state index is 9.13.